The average molecular weight is 455 g/mol. The molecule has 2 aromatic carbocycles. The molecule has 7 heteroatoms. The Labute approximate surface area is 192 Å². The van der Waals surface area contributed by atoms with Crippen LogP contribution in [-0.2, 0) is 4.74 Å². The molecule has 3 aromatic rings. The molecule has 0 atom stereocenters. The largest absolute Gasteiger partial charge is 0.423 e. The minimum absolute atomic E-state index is 0.420. The van der Waals surface area contributed by atoms with Gasteiger partial charge in [0.1, 0.15) is 10.7 Å². The number of benzene rings is 2. The second kappa shape index (κ2) is 9.22. The Morgan fingerprint density at radius 2 is 1.68 bits per heavy atom. The molecule has 0 amide bonds. The summed E-state index contributed by atoms with van der Waals surface area (Å²) in [6.45, 7) is 7.17. The summed E-state index contributed by atoms with van der Waals surface area (Å²) in [6, 6.07) is 16.2. The van der Waals surface area contributed by atoms with Gasteiger partial charge in [-0.1, -0.05) is 23.8 Å². The minimum atomic E-state index is -0.420. The maximum atomic E-state index is 12.3. The topological polar surface area (TPSA) is 43.7 Å². The van der Waals surface area contributed by atoms with E-state index >= 15 is 0 Å². The van der Waals surface area contributed by atoms with E-state index in [1.54, 1.807) is 36.4 Å². The fourth-order valence-corrected chi connectivity index (χ4v) is 4.24. The van der Waals surface area contributed by atoms with E-state index in [0.717, 1.165) is 40.7 Å². The van der Waals surface area contributed by atoms with Crippen molar-refractivity contribution in [1.29, 1.82) is 0 Å². The molecule has 2 heterocycles. The Balaban J connectivity index is 1.52. The van der Waals surface area contributed by atoms with Crippen LogP contribution in [0.25, 0.3) is 5.69 Å². The molecule has 0 radical (unpaired) electrons. The number of rotatable bonds is 4. The smallest absolute Gasteiger partial charge is 0.343 e. The van der Waals surface area contributed by atoms with Crippen LogP contribution < -0.4 is 4.74 Å². The molecule has 0 aliphatic carbocycles. The number of carbonyl (C=O) groups excluding carboxylic acids is 1. The van der Waals surface area contributed by atoms with E-state index in [-0.39, 0.29) is 0 Å². The quantitative estimate of drug-likeness (QED) is 0.316. The third kappa shape index (κ3) is 4.66. The second-order valence-corrected chi connectivity index (χ2v) is 8.24. The van der Waals surface area contributed by atoms with Gasteiger partial charge in [-0.2, -0.15) is 0 Å². The molecule has 31 heavy (non-hydrogen) atoms. The number of hydrogen-bond donors (Lipinski definition) is 0. The molecule has 0 N–H and O–H groups in total. The zero-order chi connectivity index (χ0) is 22.0. The molecule has 1 aromatic heterocycles. The highest BCUT2D eigenvalue weighted by Crippen LogP contribution is 2.25. The second-order valence-electron chi connectivity index (χ2n) is 7.42. The highest BCUT2D eigenvalue weighted by atomic mass is 35.5. The first kappa shape index (κ1) is 21.6. The summed E-state index contributed by atoms with van der Waals surface area (Å²) in [5.41, 5.74) is 4.67. The van der Waals surface area contributed by atoms with E-state index in [2.05, 4.69) is 29.4 Å². The lowest BCUT2D eigenvalue weighted by Crippen LogP contribution is -2.40. The van der Waals surface area contributed by atoms with Crippen LogP contribution in [0.2, 0.25) is 5.02 Å². The third-order valence-electron chi connectivity index (χ3n) is 5.35. The van der Waals surface area contributed by atoms with Gasteiger partial charge in [-0.05, 0) is 68.4 Å². The Bertz CT molecular complexity index is 1100. The van der Waals surface area contributed by atoms with Gasteiger partial charge in [0, 0.05) is 40.8 Å². The number of halogens is 1. The Hall–Kier alpha value is -2.67. The average Bonchev–Trinajstić information content (AvgIpc) is 3.08. The number of morpholine rings is 1. The van der Waals surface area contributed by atoms with Gasteiger partial charge in [-0.15, -0.1) is 0 Å². The zero-order valence-corrected chi connectivity index (χ0v) is 19.0. The highest BCUT2D eigenvalue weighted by Gasteiger charge is 2.20. The van der Waals surface area contributed by atoms with Gasteiger partial charge in [-0.25, -0.2) is 4.79 Å². The van der Waals surface area contributed by atoms with Crippen molar-refractivity contribution in [3.05, 3.63) is 82.1 Å². The predicted octanol–water partition coefficient (Wildman–Crippen LogP) is 4.97. The van der Waals surface area contributed by atoms with Crippen molar-refractivity contribution in [2.75, 3.05) is 26.3 Å². The fourth-order valence-electron chi connectivity index (χ4n) is 3.73. The number of aryl methyl sites for hydroxylation is 1. The molecular weight excluding hydrogens is 432 g/mol. The molecule has 0 spiro atoms. The van der Waals surface area contributed by atoms with Crippen molar-refractivity contribution in [3.63, 3.8) is 0 Å². The molecule has 0 bridgehead atoms. The van der Waals surface area contributed by atoms with Gasteiger partial charge >= 0.3 is 5.97 Å². The predicted molar refractivity (Wildman–Crippen MR) is 126 cm³/mol. The summed E-state index contributed by atoms with van der Waals surface area (Å²) in [4.78, 5) is 15.4. The van der Waals surface area contributed by atoms with Crippen molar-refractivity contribution in [3.8, 4) is 11.4 Å². The molecule has 0 saturated carbocycles. The first-order chi connectivity index (χ1) is 14.9. The van der Waals surface area contributed by atoms with Crippen molar-refractivity contribution in [1.82, 2.24) is 9.47 Å². The molecule has 5 nitrogen and oxygen atoms in total. The number of thiocarbonyl (C=S) groups is 1. The first-order valence-electron chi connectivity index (χ1n) is 10.1. The number of ether oxygens (including phenoxy) is 2. The van der Waals surface area contributed by atoms with Crippen LogP contribution in [0.15, 0.2) is 54.6 Å². The van der Waals surface area contributed by atoms with E-state index < -0.39 is 5.97 Å². The number of esters is 1. The van der Waals surface area contributed by atoms with Gasteiger partial charge in [0.2, 0.25) is 0 Å². The Morgan fingerprint density at radius 3 is 2.32 bits per heavy atom. The summed E-state index contributed by atoms with van der Waals surface area (Å²) in [5.74, 6) is 0.0612. The van der Waals surface area contributed by atoms with Crippen LogP contribution in [0.5, 0.6) is 5.75 Å². The van der Waals surface area contributed by atoms with Gasteiger partial charge in [0.25, 0.3) is 0 Å². The molecule has 4 rings (SSSR count). The first-order valence-corrected chi connectivity index (χ1v) is 10.9. The molecule has 1 fully saturated rings. The zero-order valence-electron chi connectivity index (χ0n) is 17.4. The summed E-state index contributed by atoms with van der Waals surface area (Å²) >= 11 is 11.6. The summed E-state index contributed by atoms with van der Waals surface area (Å²) in [7, 11) is 0. The number of hydrogen-bond acceptors (Lipinski definition) is 4. The maximum Gasteiger partial charge on any atom is 0.343 e. The number of carbonyl (C=O) groups is 1. The number of aromatic nitrogens is 1. The Kier molecular flexibility index (Phi) is 6.41. The van der Waals surface area contributed by atoms with Gasteiger partial charge in [-0.3, -0.25) is 0 Å². The lowest BCUT2D eigenvalue weighted by Gasteiger charge is -2.29. The molecule has 1 aliphatic rings. The molecule has 0 unspecified atom stereocenters. The van der Waals surface area contributed by atoms with E-state index in [9.17, 15) is 4.79 Å². The highest BCUT2D eigenvalue weighted by molar-refractivity contribution is 7.80. The van der Waals surface area contributed by atoms with Crippen molar-refractivity contribution < 1.29 is 14.3 Å². The molecule has 1 saturated heterocycles. The minimum Gasteiger partial charge on any atom is -0.423 e. The number of nitrogens with zero attached hydrogens (tertiary/aromatic N) is 2. The summed E-state index contributed by atoms with van der Waals surface area (Å²) in [6.07, 6.45) is 0. The monoisotopic (exact) mass is 454 g/mol. The summed E-state index contributed by atoms with van der Waals surface area (Å²) < 4.78 is 13.1. The third-order valence-corrected chi connectivity index (χ3v) is 6.08. The van der Waals surface area contributed by atoms with Crippen LogP contribution in [0.3, 0.4) is 0 Å². The van der Waals surface area contributed by atoms with E-state index in [0.29, 0.717) is 29.5 Å². The molecule has 160 valence electrons. The standard InChI is InChI=1S/C24H23ClN2O3S/c1-16-15-22(23(31)26-11-13-29-14-12-26)17(2)27(16)20-7-9-21(10-8-20)30-24(28)18-3-5-19(25)6-4-18/h3-10,15H,11-14H2,1-2H3. The van der Waals surface area contributed by atoms with Crippen LogP contribution in [0.4, 0.5) is 0 Å². The van der Waals surface area contributed by atoms with E-state index in [1.807, 2.05) is 12.1 Å². The van der Waals surface area contributed by atoms with Crippen LogP contribution in [0.1, 0.15) is 27.3 Å². The van der Waals surface area contributed by atoms with Crippen LogP contribution in [0, 0.1) is 13.8 Å². The Morgan fingerprint density at radius 1 is 1.03 bits per heavy atom. The lowest BCUT2D eigenvalue weighted by molar-refractivity contribution is 0.0692. The van der Waals surface area contributed by atoms with Crippen molar-refractivity contribution in [2.45, 2.75) is 13.8 Å². The van der Waals surface area contributed by atoms with Gasteiger partial charge in [0.05, 0.1) is 18.8 Å². The van der Waals surface area contributed by atoms with E-state index in [4.69, 9.17) is 33.3 Å². The fraction of sp³-hybridized carbons (Fsp3) is 0.250. The summed E-state index contributed by atoms with van der Waals surface area (Å²) in [5, 5.41) is 0.575. The maximum absolute atomic E-state index is 12.3. The molecular formula is C24H23ClN2O3S. The van der Waals surface area contributed by atoms with Crippen molar-refractivity contribution >= 4 is 34.8 Å². The van der Waals surface area contributed by atoms with Gasteiger partial charge < -0.3 is 18.9 Å². The normalized spacial score (nSPS) is 13.8. The SMILES string of the molecule is Cc1cc(C(=S)N2CCOCC2)c(C)n1-c1ccc(OC(=O)c2ccc(Cl)cc2)cc1. The van der Waals surface area contributed by atoms with Crippen LogP contribution >= 0.6 is 23.8 Å². The van der Waals surface area contributed by atoms with E-state index in [1.165, 1.54) is 0 Å². The van der Waals surface area contributed by atoms with Gasteiger partial charge in [0.15, 0.2) is 0 Å². The lowest BCUT2D eigenvalue weighted by atomic mass is 10.2. The molecule has 1 aliphatic heterocycles. The van der Waals surface area contributed by atoms with Crippen LogP contribution in [-0.4, -0.2) is 46.7 Å². The van der Waals surface area contributed by atoms with Crippen molar-refractivity contribution in [2.24, 2.45) is 0 Å².